The minimum absolute atomic E-state index is 0.219. The number of carbonyl (C=O) groups is 2. The minimum atomic E-state index is -0.418. The van der Waals surface area contributed by atoms with Crippen LogP contribution < -0.4 is 9.47 Å². The number of phenols is 1. The largest absolute Gasteiger partial charge is 0.507 e. The summed E-state index contributed by atoms with van der Waals surface area (Å²) in [5.41, 5.74) is 9.63. The number of hydrogen-bond acceptors (Lipinski definition) is 7. The topological polar surface area (TPSA) is 91.3 Å². The molecule has 0 saturated heterocycles. The van der Waals surface area contributed by atoms with Gasteiger partial charge in [-0.2, -0.15) is 0 Å². The number of hydrogen-bond donors (Lipinski definition) is 1. The highest BCUT2D eigenvalue weighted by atomic mass is 16.5. The van der Waals surface area contributed by atoms with Crippen LogP contribution in [0.2, 0.25) is 0 Å². The van der Waals surface area contributed by atoms with Gasteiger partial charge in [0, 0.05) is 36.8 Å². The Morgan fingerprint density at radius 2 is 0.978 bits per heavy atom. The first-order valence-corrected chi connectivity index (χ1v) is 15.7. The molecule has 0 aromatic heterocycles. The number of phenolic OH excluding ortho intramolecular Hbond substituents is 1. The summed E-state index contributed by atoms with van der Waals surface area (Å²) in [6, 6.07) is 12.4. The Kier molecular flexibility index (Phi) is 13.0. The Labute approximate surface area is 273 Å². The third-order valence-electron chi connectivity index (χ3n) is 7.40. The summed E-state index contributed by atoms with van der Waals surface area (Å²) in [6.45, 7) is 21.8. The highest BCUT2D eigenvalue weighted by molar-refractivity contribution is 5.87. The minimum Gasteiger partial charge on any atom is -0.507 e. The van der Waals surface area contributed by atoms with Gasteiger partial charge >= 0.3 is 11.9 Å². The van der Waals surface area contributed by atoms with Crippen molar-refractivity contribution in [3.05, 3.63) is 111 Å². The van der Waals surface area contributed by atoms with Crippen molar-refractivity contribution in [2.75, 3.05) is 26.4 Å². The van der Waals surface area contributed by atoms with Crippen molar-refractivity contribution in [2.45, 2.75) is 74.1 Å². The van der Waals surface area contributed by atoms with Gasteiger partial charge < -0.3 is 24.1 Å². The average molecular weight is 629 g/mol. The standard InChI is InChI=1S/C39H48O7/c1-24(2)38(41)45-14-10-12-43-36-30(9)17-27(6)19-32(36)23-34-21-28(7)20-33(22-31-18-26(5)16-29(8)35(31)40)37(34)44-13-11-15-46-39(42)25(3)4/h16-21,40H,1,3,10-15,22-23H2,2,4-9H3. The van der Waals surface area contributed by atoms with E-state index in [4.69, 9.17) is 18.9 Å². The molecule has 3 aromatic carbocycles. The summed E-state index contributed by atoms with van der Waals surface area (Å²) in [5.74, 6) is 0.999. The summed E-state index contributed by atoms with van der Waals surface area (Å²) in [6.07, 6.45) is 2.09. The monoisotopic (exact) mass is 628 g/mol. The summed E-state index contributed by atoms with van der Waals surface area (Å²) in [5, 5.41) is 10.9. The van der Waals surface area contributed by atoms with Crippen molar-refractivity contribution in [1.82, 2.24) is 0 Å². The van der Waals surface area contributed by atoms with E-state index >= 15 is 0 Å². The molecule has 3 rings (SSSR count). The van der Waals surface area contributed by atoms with E-state index in [-0.39, 0.29) is 19.0 Å². The van der Waals surface area contributed by atoms with Crippen LogP contribution in [0.4, 0.5) is 0 Å². The molecule has 0 bridgehead atoms. The maximum atomic E-state index is 11.8. The molecule has 1 N–H and O–H groups in total. The molecule has 0 radical (unpaired) electrons. The van der Waals surface area contributed by atoms with Crippen molar-refractivity contribution < 1.29 is 33.6 Å². The summed E-state index contributed by atoms with van der Waals surface area (Å²) in [4.78, 5) is 23.6. The van der Waals surface area contributed by atoms with Crippen LogP contribution in [0.15, 0.2) is 60.7 Å². The number of esters is 2. The van der Waals surface area contributed by atoms with Gasteiger partial charge in [-0.25, -0.2) is 9.59 Å². The molecule has 0 atom stereocenters. The molecule has 0 aliphatic carbocycles. The van der Waals surface area contributed by atoms with Gasteiger partial charge in [-0.3, -0.25) is 0 Å². The van der Waals surface area contributed by atoms with Gasteiger partial charge in [0.15, 0.2) is 0 Å². The Balaban J connectivity index is 1.93. The molecule has 46 heavy (non-hydrogen) atoms. The Morgan fingerprint density at radius 1 is 0.587 bits per heavy atom. The van der Waals surface area contributed by atoms with Crippen molar-refractivity contribution >= 4 is 11.9 Å². The number of ether oxygens (including phenoxy) is 4. The fraction of sp³-hybridized carbons (Fsp3) is 0.385. The highest BCUT2D eigenvalue weighted by Crippen LogP contribution is 2.36. The zero-order valence-corrected chi connectivity index (χ0v) is 28.4. The fourth-order valence-electron chi connectivity index (χ4n) is 5.39. The van der Waals surface area contributed by atoms with E-state index in [1.54, 1.807) is 13.8 Å². The van der Waals surface area contributed by atoms with Gasteiger partial charge in [0.25, 0.3) is 0 Å². The van der Waals surface area contributed by atoms with Crippen LogP contribution in [-0.4, -0.2) is 43.5 Å². The summed E-state index contributed by atoms with van der Waals surface area (Å²) in [7, 11) is 0. The van der Waals surface area contributed by atoms with E-state index < -0.39 is 11.9 Å². The lowest BCUT2D eigenvalue weighted by Crippen LogP contribution is -2.12. The first-order valence-electron chi connectivity index (χ1n) is 15.7. The summed E-state index contributed by atoms with van der Waals surface area (Å²) < 4.78 is 23.3. The molecule has 0 saturated carbocycles. The Morgan fingerprint density at radius 3 is 1.48 bits per heavy atom. The second-order valence-corrected chi connectivity index (χ2v) is 12.2. The predicted molar refractivity (Wildman–Crippen MR) is 182 cm³/mol. The molecule has 0 aliphatic rings. The molecular weight excluding hydrogens is 580 g/mol. The van der Waals surface area contributed by atoms with Crippen LogP contribution in [0.5, 0.6) is 17.2 Å². The molecule has 0 spiro atoms. The zero-order chi connectivity index (χ0) is 34.0. The Bertz CT molecular complexity index is 1600. The molecule has 246 valence electrons. The van der Waals surface area contributed by atoms with Crippen molar-refractivity contribution in [3.8, 4) is 17.2 Å². The molecule has 3 aromatic rings. The molecular formula is C39H48O7. The molecule has 0 aliphatic heterocycles. The lowest BCUT2D eigenvalue weighted by atomic mass is 9.92. The maximum Gasteiger partial charge on any atom is 0.333 e. The van der Waals surface area contributed by atoms with Gasteiger partial charge in [-0.15, -0.1) is 0 Å². The molecule has 0 heterocycles. The normalized spacial score (nSPS) is 10.8. The number of rotatable bonds is 16. The van der Waals surface area contributed by atoms with Gasteiger partial charge in [-0.05, 0) is 81.8 Å². The lowest BCUT2D eigenvalue weighted by molar-refractivity contribution is -0.140. The number of aryl methyl sites for hydroxylation is 5. The Hall–Kier alpha value is -4.52. The van der Waals surface area contributed by atoms with E-state index in [0.717, 1.165) is 61.6 Å². The first kappa shape index (κ1) is 36.0. The third-order valence-corrected chi connectivity index (χ3v) is 7.40. The second-order valence-electron chi connectivity index (χ2n) is 12.2. The zero-order valence-electron chi connectivity index (χ0n) is 28.4. The van der Waals surface area contributed by atoms with Crippen molar-refractivity contribution in [2.24, 2.45) is 0 Å². The van der Waals surface area contributed by atoms with Crippen LogP contribution in [0, 0.1) is 34.6 Å². The fourth-order valence-corrected chi connectivity index (χ4v) is 5.39. The summed E-state index contributed by atoms with van der Waals surface area (Å²) >= 11 is 0. The highest BCUT2D eigenvalue weighted by Gasteiger charge is 2.18. The van der Waals surface area contributed by atoms with Crippen LogP contribution in [0.25, 0.3) is 0 Å². The first-order chi connectivity index (χ1) is 21.8. The van der Waals surface area contributed by atoms with Crippen LogP contribution in [-0.2, 0) is 31.9 Å². The molecule has 0 fully saturated rings. The van der Waals surface area contributed by atoms with Gasteiger partial charge in [0.05, 0.1) is 26.4 Å². The molecule has 0 unspecified atom stereocenters. The molecule has 0 amide bonds. The van der Waals surface area contributed by atoms with Crippen molar-refractivity contribution in [1.29, 1.82) is 0 Å². The number of carbonyl (C=O) groups excluding carboxylic acids is 2. The van der Waals surface area contributed by atoms with Gasteiger partial charge in [0.1, 0.15) is 17.2 Å². The molecule has 7 heteroatoms. The second kappa shape index (κ2) is 16.7. The number of benzene rings is 3. The van der Waals surface area contributed by atoms with E-state index in [9.17, 15) is 14.7 Å². The van der Waals surface area contributed by atoms with Crippen LogP contribution >= 0.6 is 0 Å². The van der Waals surface area contributed by atoms with E-state index in [0.29, 0.717) is 50.0 Å². The lowest BCUT2D eigenvalue weighted by Gasteiger charge is -2.21. The smallest absolute Gasteiger partial charge is 0.333 e. The van der Waals surface area contributed by atoms with Gasteiger partial charge in [-0.1, -0.05) is 66.2 Å². The average Bonchev–Trinajstić information content (AvgIpc) is 2.97. The number of aromatic hydroxyl groups is 1. The SMILES string of the molecule is C=C(C)C(=O)OCCCOc1c(C)cc(C)cc1Cc1cc(C)cc(Cc2cc(C)cc(C)c2O)c1OCCCOC(=O)C(=C)C. The van der Waals surface area contributed by atoms with E-state index in [1.807, 2.05) is 32.9 Å². The van der Waals surface area contributed by atoms with Crippen LogP contribution in [0.3, 0.4) is 0 Å². The van der Waals surface area contributed by atoms with E-state index in [1.165, 1.54) is 0 Å². The predicted octanol–water partition coefficient (Wildman–Crippen LogP) is 7.89. The van der Waals surface area contributed by atoms with E-state index in [2.05, 4.69) is 51.3 Å². The quantitative estimate of drug-likeness (QED) is 0.0980. The third kappa shape index (κ3) is 10.3. The maximum absolute atomic E-state index is 11.8. The van der Waals surface area contributed by atoms with Crippen LogP contribution in [0.1, 0.15) is 76.8 Å². The van der Waals surface area contributed by atoms with Crippen molar-refractivity contribution in [3.63, 3.8) is 0 Å². The van der Waals surface area contributed by atoms with Gasteiger partial charge in [0.2, 0.25) is 0 Å². The molecule has 7 nitrogen and oxygen atoms in total.